The predicted octanol–water partition coefficient (Wildman–Crippen LogP) is 4.56. The van der Waals surface area contributed by atoms with Crippen LogP contribution in [0.4, 0.5) is 0 Å². The molecule has 2 aromatic rings. The first-order chi connectivity index (χ1) is 14.2. The number of halogens is 1. The lowest BCUT2D eigenvalue weighted by Crippen LogP contribution is -2.37. The Labute approximate surface area is 200 Å². The Balaban J connectivity index is 0.00000320. The molecule has 1 fully saturated rings. The van der Waals surface area contributed by atoms with Crippen LogP contribution in [0.2, 0.25) is 0 Å². The van der Waals surface area contributed by atoms with Crippen LogP contribution in [0.3, 0.4) is 0 Å². The molecule has 1 saturated carbocycles. The molecular weight excluding hydrogens is 511 g/mol. The highest BCUT2D eigenvalue weighted by Crippen LogP contribution is 2.32. The highest BCUT2D eigenvalue weighted by Gasteiger charge is 2.18. The molecule has 0 saturated heterocycles. The number of nitrogens with zero attached hydrogens (tertiary/aromatic N) is 2. The molecule has 1 aliphatic rings. The zero-order chi connectivity index (χ0) is 20.5. The smallest absolute Gasteiger partial charge is 0.191 e. The topological polar surface area (TPSA) is 67.8 Å². The molecule has 1 aromatic heterocycles. The molecule has 8 heteroatoms. The maximum atomic E-state index is 6.19. The largest absolute Gasteiger partial charge is 0.493 e. The number of thiazole rings is 1. The number of methoxy groups -OCH3 is 1. The number of aryl methyl sites for hydroxylation is 1. The highest BCUT2D eigenvalue weighted by atomic mass is 127. The summed E-state index contributed by atoms with van der Waals surface area (Å²) in [6.45, 7) is 3.63. The van der Waals surface area contributed by atoms with Crippen LogP contribution in [0, 0.1) is 0 Å². The van der Waals surface area contributed by atoms with E-state index in [1.165, 1.54) is 17.7 Å². The third-order valence-corrected chi connectivity index (χ3v) is 6.29. The van der Waals surface area contributed by atoms with Gasteiger partial charge in [-0.3, -0.25) is 4.99 Å². The van der Waals surface area contributed by atoms with Crippen molar-refractivity contribution in [1.82, 2.24) is 15.6 Å². The van der Waals surface area contributed by atoms with Crippen LogP contribution in [0.5, 0.6) is 11.5 Å². The van der Waals surface area contributed by atoms with E-state index in [4.69, 9.17) is 9.47 Å². The summed E-state index contributed by atoms with van der Waals surface area (Å²) in [5, 5.41) is 7.89. The third kappa shape index (κ3) is 7.30. The molecule has 0 radical (unpaired) electrons. The Kier molecular flexibility index (Phi) is 10.7. The Morgan fingerprint density at radius 3 is 2.70 bits per heavy atom. The summed E-state index contributed by atoms with van der Waals surface area (Å²) in [5.74, 6) is 2.40. The quantitative estimate of drug-likeness (QED) is 0.275. The molecule has 3 rings (SSSR count). The number of hydrogen-bond donors (Lipinski definition) is 2. The van der Waals surface area contributed by atoms with Crippen LogP contribution in [-0.4, -0.2) is 37.7 Å². The van der Waals surface area contributed by atoms with E-state index in [1.54, 1.807) is 25.5 Å². The molecule has 1 heterocycles. The number of hydrogen-bond acceptors (Lipinski definition) is 5. The number of aromatic nitrogens is 1. The zero-order valence-electron chi connectivity index (χ0n) is 18.1. The van der Waals surface area contributed by atoms with Gasteiger partial charge >= 0.3 is 0 Å². The van der Waals surface area contributed by atoms with Crippen LogP contribution in [0.1, 0.15) is 48.1 Å². The molecule has 0 spiro atoms. The Morgan fingerprint density at radius 2 is 2.03 bits per heavy atom. The molecule has 0 unspecified atom stereocenters. The van der Waals surface area contributed by atoms with Gasteiger partial charge in [-0.05, 0) is 49.8 Å². The van der Waals surface area contributed by atoms with Crippen molar-refractivity contribution in [2.45, 2.75) is 58.1 Å². The van der Waals surface area contributed by atoms with Crippen LogP contribution in [0.25, 0.3) is 0 Å². The number of aliphatic imine (C=N–C) groups is 1. The lowest BCUT2D eigenvalue weighted by atomic mass is 10.2. The summed E-state index contributed by atoms with van der Waals surface area (Å²) in [6.07, 6.45) is 8.97. The van der Waals surface area contributed by atoms with Crippen molar-refractivity contribution < 1.29 is 9.47 Å². The molecule has 6 nitrogen and oxygen atoms in total. The zero-order valence-corrected chi connectivity index (χ0v) is 21.2. The monoisotopic (exact) mass is 544 g/mol. The molecule has 0 aliphatic heterocycles. The SMILES string of the molecule is CCc1cnc(CCNC(=NC)NCc2ccc(OC)c(OC3CCCC3)c2)s1.I. The normalized spacial score (nSPS) is 14.3. The van der Waals surface area contributed by atoms with E-state index in [-0.39, 0.29) is 24.0 Å². The summed E-state index contributed by atoms with van der Waals surface area (Å²) in [4.78, 5) is 10.1. The van der Waals surface area contributed by atoms with Crippen molar-refractivity contribution in [1.29, 1.82) is 0 Å². The maximum Gasteiger partial charge on any atom is 0.191 e. The average Bonchev–Trinajstić information content (AvgIpc) is 3.42. The van der Waals surface area contributed by atoms with Crippen LogP contribution in [-0.2, 0) is 19.4 Å². The van der Waals surface area contributed by atoms with Gasteiger partial charge in [-0.2, -0.15) is 0 Å². The fourth-order valence-corrected chi connectivity index (χ4v) is 4.29. The fourth-order valence-electron chi connectivity index (χ4n) is 3.43. The van der Waals surface area contributed by atoms with Gasteiger partial charge in [0.05, 0.1) is 18.2 Å². The lowest BCUT2D eigenvalue weighted by Gasteiger charge is -2.17. The van der Waals surface area contributed by atoms with E-state index >= 15 is 0 Å². The maximum absolute atomic E-state index is 6.19. The minimum absolute atomic E-state index is 0. The number of guanidine groups is 1. The molecule has 2 N–H and O–H groups in total. The molecule has 1 aliphatic carbocycles. The van der Waals surface area contributed by atoms with Gasteiger partial charge in [0.25, 0.3) is 0 Å². The van der Waals surface area contributed by atoms with Gasteiger partial charge in [0, 0.05) is 37.6 Å². The molecule has 166 valence electrons. The van der Waals surface area contributed by atoms with Gasteiger partial charge in [-0.25, -0.2) is 4.98 Å². The van der Waals surface area contributed by atoms with Crippen LogP contribution < -0.4 is 20.1 Å². The Morgan fingerprint density at radius 1 is 1.23 bits per heavy atom. The highest BCUT2D eigenvalue weighted by molar-refractivity contribution is 14.0. The van der Waals surface area contributed by atoms with E-state index in [0.717, 1.165) is 60.3 Å². The number of benzene rings is 1. The van der Waals surface area contributed by atoms with Crippen molar-refractivity contribution in [2.24, 2.45) is 4.99 Å². The first-order valence-corrected chi connectivity index (χ1v) is 11.2. The van der Waals surface area contributed by atoms with Gasteiger partial charge in [0.2, 0.25) is 0 Å². The van der Waals surface area contributed by atoms with Gasteiger partial charge in [-0.1, -0.05) is 13.0 Å². The van der Waals surface area contributed by atoms with E-state index in [9.17, 15) is 0 Å². The van der Waals surface area contributed by atoms with E-state index in [2.05, 4.69) is 39.7 Å². The van der Waals surface area contributed by atoms with E-state index in [1.807, 2.05) is 12.3 Å². The standard InChI is InChI=1S/C22H32N4O2S.HI/c1-4-18-15-25-21(29-18)11-12-24-22(23-2)26-14-16-9-10-19(27-3)20(13-16)28-17-7-5-6-8-17;/h9-10,13,15,17H,4-8,11-12,14H2,1-3H3,(H2,23,24,26);1H. The van der Waals surface area contributed by atoms with Crippen molar-refractivity contribution in [3.63, 3.8) is 0 Å². The third-order valence-electron chi connectivity index (χ3n) is 5.09. The number of ether oxygens (including phenoxy) is 2. The molecular formula is C22H33IN4O2S. The van der Waals surface area contributed by atoms with Gasteiger partial charge in [-0.15, -0.1) is 35.3 Å². The minimum atomic E-state index is 0. The molecule has 0 bridgehead atoms. The second-order valence-corrected chi connectivity index (χ2v) is 8.39. The second-order valence-electron chi connectivity index (χ2n) is 7.19. The summed E-state index contributed by atoms with van der Waals surface area (Å²) in [7, 11) is 3.48. The molecule has 0 atom stereocenters. The minimum Gasteiger partial charge on any atom is -0.493 e. The number of nitrogens with one attached hydrogen (secondary N) is 2. The Hall–Kier alpha value is -1.55. The van der Waals surface area contributed by atoms with Crippen molar-refractivity contribution in [2.75, 3.05) is 20.7 Å². The number of rotatable bonds is 9. The van der Waals surface area contributed by atoms with Gasteiger partial charge in [0.15, 0.2) is 17.5 Å². The molecule has 0 amide bonds. The fraction of sp³-hybridized carbons (Fsp3) is 0.545. The lowest BCUT2D eigenvalue weighted by molar-refractivity contribution is 0.200. The Bertz CT molecular complexity index is 806. The second kappa shape index (κ2) is 13.0. The van der Waals surface area contributed by atoms with Gasteiger partial charge in [0.1, 0.15) is 0 Å². The predicted molar refractivity (Wildman–Crippen MR) is 135 cm³/mol. The average molecular weight is 545 g/mol. The summed E-state index contributed by atoms with van der Waals surface area (Å²) < 4.78 is 11.7. The van der Waals surface area contributed by atoms with E-state index in [0.29, 0.717) is 12.6 Å². The molecule has 30 heavy (non-hydrogen) atoms. The first-order valence-electron chi connectivity index (χ1n) is 10.4. The van der Waals surface area contributed by atoms with E-state index < -0.39 is 0 Å². The molecule has 1 aromatic carbocycles. The summed E-state index contributed by atoms with van der Waals surface area (Å²) in [5.41, 5.74) is 1.13. The summed E-state index contributed by atoms with van der Waals surface area (Å²) in [6, 6.07) is 6.10. The van der Waals surface area contributed by atoms with Crippen molar-refractivity contribution >= 4 is 41.3 Å². The first kappa shape index (κ1) is 24.7. The van der Waals surface area contributed by atoms with Crippen LogP contribution >= 0.6 is 35.3 Å². The van der Waals surface area contributed by atoms with Gasteiger partial charge < -0.3 is 20.1 Å². The van der Waals surface area contributed by atoms with Crippen molar-refractivity contribution in [3.05, 3.63) is 39.8 Å². The van der Waals surface area contributed by atoms with Crippen molar-refractivity contribution in [3.8, 4) is 11.5 Å². The van der Waals surface area contributed by atoms with Crippen LogP contribution in [0.15, 0.2) is 29.4 Å². The summed E-state index contributed by atoms with van der Waals surface area (Å²) >= 11 is 1.78.